The summed E-state index contributed by atoms with van der Waals surface area (Å²) in [4.78, 5) is 15.9. The fourth-order valence-corrected chi connectivity index (χ4v) is 5.11. The number of hydrogen-bond donors (Lipinski definition) is 0. The van der Waals surface area contributed by atoms with Gasteiger partial charge in [0.15, 0.2) is 5.78 Å². The van der Waals surface area contributed by atoms with E-state index >= 15 is 0 Å². The first-order valence-corrected chi connectivity index (χ1v) is 10.9. The molecule has 3 aromatic rings. The predicted molar refractivity (Wildman–Crippen MR) is 122 cm³/mol. The number of carbonyl (C=O) groups excluding carboxylic acids is 1. The van der Waals surface area contributed by atoms with Crippen LogP contribution in [0.2, 0.25) is 0 Å². The third kappa shape index (κ3) is 4.15. The van der Waals surface area contributed by atoms with Gasteiger partial charge in [-0.3, -0.25) is 9.69 Å². The van der Waals surface area contributed by atoms with Crippen molar-refractivity contribution < 1.29 is 9.53 Å². The predicted octanol–water partition coefficient (Wildman–Crippen LogP) is 5.17. The second-order valence-electron chi connectivity index (χ2n) is 8.98. The highest BCUT2D eigenvalue weighted by Crippen LogP contribution is 2.31. The van der Waals surface area contributed by atoms with Crippen LogP contribution in [0.3, 0.4) is 0 Å². The van der Waals surface area contributed by atoms with Crippen LogP contribution in [0, 0.1) is 18.8 Å². The fraction of sp³-hybridized carbons (Fsp3) is 0.423. The van der Waals surface area contributed by atoms with Crippen molar-refractivity contribution >= 4 is 16.7 Å². The lowest BCUT2D eigenvalue weighted by molar-refractivity contribution is 0.0850. The lowest BCUT2D eigenvalue weighted by Gasteiger charge is -2.34. The summed E-state index contributed by atoms with van der Waals surface area (Å²) in [5.41, 5.74) is 4.18. The van der Waals surface area contributed by atoms with Gasteiger partial charge >= 0.3 is 0 Å². The second-order valence-corrected chi connectivity index (χ2v) is 8.98. The molecule has 0 amide bonds. The van der Waals surface area contributed by atoms with Gasteiger partial charge in [0.2, 0.25) is 0 Å². The van der Waals surface area contributed by atoms with Gasteiger partial charge < -0.3 is 9.30 Å². The zero-order chi connectivity index (χ0) is 21.3. The van der Waals surface area contributed by atoms with Crippen LogP contribution in [0.15, 0.2) is 48.5 Å². The van der Waals surface area contributed by atoms with Gasteiger partial charge in [0, 0.05) is 41.8 Å². The maximum Gasteiger partial charge on any atom is 0.179 e. The number of methoxy groups -OCH3 is 1. The summed E-state index contributed by atoms with van der Waals surface area (Å²) < 4.78 is 7.73. The summed E-state index contributed by atoms with van der Waals surface area (Å²) in [6.07, 6.45) is 1.25. The largest absolute Gasteiger partial charge is 0.497 e. The van der Waals surface area contributed by atoms with E-state index < -0.39 is 0 Å². The average molecular weight is 405 g/mol. The number of ether oxygens (including phenoxy) is 1. The van der Waals surface area contributed by atoms with Crippen LogP contribution in [0.1, 0.15) is 41.9 Å². The molecule has 2 aromatic carbocycles. The van der Waals surface area contributed by atoms with E-state index in [0.717, 1.165) is 47.5 Å². The highest BCUT2D eigenvalue weighted by molar-refractivity contribution is 6.10. The molecule has 0 radical (unpaired) electrons. The van der Waals surface area contributed by atoms with Gasteiger partial charge in [0.1, 0.15) is 5.75 Å². The van der Waals surface area contributed by atoms with Crippen molar-refractivity contribution in [1.29, 1.82) is 0 Å². The summed E-state index contributed by atoms with van der Waals surface area (Å²) in [6, 6.07) is 16.5. The highest BCUT2D eigenvalue weighted by atomic mass is 16.5. The van der Waals surface area contributed by atoms with Crippen LogP contribution in [0.25, 0.3) is 10.9 Å². The zero-order valence-corrected chi connectivity index (χ0v) is 18.5. The molecule has 158 valence electrons. The van der Waals surface area contributed by atoms with E-state index in [2.05, 4.69) is 60.6 Å². The van der Waals surface area contributed by atoms with E-state index in [4.69, 9.17) is 4.74 Å². The van der Waals surface area contributed by atoms with Gasteiger partial charge in [-0.25, -0.2) is 0 Å². The molecular weight excluding hydrogens is 372 g/mol. The first-order chi connectivity index (χ1) is 14.5. The zero-order valence-electron chi connectivity index (χ0n) is 18.5. The number of nitrogens with zero attached hydrogens (tertiary/aromatic N) is 2. The molecule has 0 N–H and O–H groups in total. The Morgan fingerprint density at radius 1 is 1.07 bits per heavy atom. The molecule has 0 aliphatic carbocycles. The minimum Gasteiger partial charge on any atom is -0.497 e. The number of benzene rings is 2. The van der Waals surface area contributed by atoms with E-state index in [0.29, 0.717) is 18.4 Å². The van der Waals surface area contributed by atoms with Gasteiger partial charge in [-0.2, -0.15) is 0 Å². The molecule has 0 unspecified atom stereocenters. The number of ketones is 1. The number of hydrogen-bond acceptors (Lipinski definition) is 3. The van der Waals surface area contributed by atoms with Crippen molar-refractivity contribution in [2.75, 3.05) is 26.7 Å². The van der Waals surface area contributed by atoms with Crippen LogP contribution in [-0.2, 0) is 6.54 Å². The Labute approximate surface area is 179 Å². The normalized spacial score (nSPS) is 19.9. The van der Waals surface area contributed by atoms with Crippen molar-refractivity contribution in [3.8, 4) is 5.75 Å². The summed E-state index contributed by atoms with van der Waals surface area (Å²) >= 11 is 0. The quantitative estimate of drug-likeness (QED) is 0.532. The Morgan fingerprint density at radius 2 is 1.77 bits per heavy atom. The third-order valence-corrected chi connectivity index (χ3v) is 6.30. The first-order valence-electron chi connectivity index (χ1n) is 10.9. The van der Waals surface area contributed by atoms with Crippen LogP contribution in [0.5, 0.6) is 5.75 Å². The van der Waals surface area contributed by atoms with Crippen LogP contribution in [0.4, 0.5) is 0 Å². The minimum absolute atomic E-state index is 0.207. The average Bonchev–Trinajstić information content (AvgIpc) is 2.98. The first kappa shape index (κ1) is 20.7. The van der Waals surface area contributed by atoms with E-state index in [1.54, 1.807) is 7.11 Å². The van der Waals surface area contributed by atoms with Crippen LogP contribution in [-0.4, -0.2) is 42.0 Å². The molecule has 0 bridgehead atoms. The summed E-state index contributed by atoms with van der Waals surface area (Å²) in [5, 5.41) is 0.992. The Balaban J connectivity index is 1.72. The Hall–Kier alpha value is -2.59. The molecule has 4 heteroatoms. The molecule has 1 saturated heterocycles. The van der Waals surface area contributed by atoms with Crippen molar-refractivity contribution in [1.82, 2.24) is 9.47 Å². The van der Waals surface area contributed by atoms with Gasteiger partial charge in [0.05, 0.1) is 13.7 Å². The maximum absolute atomic E-state index is 13.5. The number of Topliss-reactive ketones (excluding diaryl/α,β-unsaturated/α-hetero) is 1. The number of aromatic nitrogens is 1. The number of fused-ring (bicyclic) bond motifs is 1. The van der Waals surface area contributed by atoms with Crippen molar-refractivity contribution in [2.45, 2.75) is 33.7 Å². The Kier molecular flexibility index (Phi) is 5.96. The van der Waals surface area contributed by atoms with Crippen LogP contribution < -0.4 is 4.74 Å². The standard InChI is InChI=1S/C26H32N2O2/c1-18-12-19(2)15-27(14-18)17-25(29)26-20(3)28(16-21-8-6-5-7-9-21)24-11-10-22(30-4)13-23(24)26/h5-11,13,18-19H,12,14-17H2,1-4H3/t18-,19-/m1/s1. The lowest BCUT2D eigenvalue weighted by Crippen LogP contribution is -2.41. The molecule has 30 heavy (non-hydrogen) atoms. The van der Waals surface area contributed by atoms with E-state index in [1.165, 1.54) is 12.0 Å². The van der Waals surface area contributed by atoms with Gasteiger partial charge in [-0.05, 0) is 48.9 Å². The molecule has 4 nitrogen and oxygen atoms in total. The monoisotopic (exact) mass is 404 g/mol. The number of likely N-dealkylation sites (tertiary alicyclic amines) is 1. The number of piperidine rings is 1. The van der Waals surface area contributed by atoms with Gasteiger partial charge in [-0.1, -0.05) is 44.2 Å². The summed E-state index contributed by atoms with van der Waals surface area (Å²) in [6.45, 7) is 9.88. The Bertz CT molecular complexity index is 1030. The molecule has 1 fully saturated rings. The Morgan fingerprint density at radius 3 is 2.43 bits per heavy atom. The molecule has 1 aliphatic rings. The summed E-state index contributed by atoms with van der Waals surface area (Å²) in [7, 11) is 1.67. The minimum atomic E-state index is 0.207. The van der Waals surface area contributed by atoms with E-state index in [9.17, 15) is 4.79 Å². The molecule has 1 aliphatic heterocycles. The topological polar surface area (TPSA) is 34.5 Å². The molecule has 4 rings (SSSR count). The molecule has 2 atom stereocenters. The van der Waals surface area contributed by atoms with Crippen LogP contribution >= 0.6 is 0 Å². The van der Waals surface area contributed by atoms with Crippen molar-refractivity contribution in [2.24, 2.45) is 11.8 Å². The SMILES string of the molecule is COc1ccc2c(c1)c(C(=O)CN1C[C@H](C)C[C@@H](C)C1)c(C)n2Cc1ccccc1. The number of carbonyl (C=O) groups is 1. The molecular formula is C26H32N2O2. The molecule has 0 saturated carbocycles. The lowest BCUT2D eigenvalue weighted by atomic mass is 9.91. The third-order valence-electron chi connectivity index (χ3n) is 6.30. The van der Waals surface area contributed by atoms with Gasteiger partial charge in [0.25, 0.3) is 0 Å². The second kappa shape index (κ2) is 8.65. The van der Waals surface area contributed by atoms with Crippen molar-refractivity contribution in [3.63, 3.8) is 0 Å². The van der Waals surface area contributed by atoms with Crippen molar-refractivity contribution in [3.05, 3.63) is 65.4 Å². The maximum atomic E-state index is 13.5. The highest BCUT2D eigenvalue weighted by Gasteiger charge is 2.26. The van der Waals surface area contributed by atoms with Gasteiger partial charge in [-0.15, -0.1) is 0 Å². The van der Waals surface area contributed by atoms with E-state index in [-0.39, 0.29) is 5.78 Å². The smallest absolute Gasteiger partial charge is 0.179 e. The molecule has 1 aromatic heterocycles. The summed E-state index contributed by atoms with van der Waals surface area (Å²) in [5.74, 6) is 2.27. The molecule has 0 spiro atoms. The van der Waals surface area contributed by atoms with E-state index in [1.807, 2.05) is 18.2 Å². The molecule has 2 heterocycles. The fourth-order valence-electron chi connectivity index (χ4n) is 5.11. The number of rotatable bonds is 6.